The Hall–Kier alpha value is -1.91. The maximum absolute atomic E-state index is 11.2. The first-order chi connectivity index (χ1) is 8.40. The van der Waals surface area contributed by atoms with Crippen LogP contribution in [-0.4, -0.2) is 27.1 Å². The van der Waals surface area contributed by atoms with Crippen molar-refractivity contribution < 1.29 is 19.8 Å². The second-order valence-electron chi connectivity index (χ2n) is 4.78. The van der Waals surface area contributed by atoms with Crippen LogP contribution in [0.25, 0.3) is 0 Å². The molecule has 1 aliphatic rings. The molecule has 18 heavy (non-hydrogen) atoms. The zero-order chi connectivity index (χ0) is 13.4. The average molecular weight is 249 g/mol. The molecular formula is C13H15NO4. The van der Waals surface area contributed by atoms with E-state index in [2.05, 4.69) is 4.98 Å². The van der Waals surface area contributed by atoms with E-state index in [1.807, 2.05) is 19.9 Å². The molecule has 96 valence electrons. The summed E-state index contributed by atoms with van der Waals surface area (Å²) in [7, 11) is 0. The SMILES string of the molecule is Cc1cc2c(c(C)n1)CC(C(=O)O)C(C(=O)O)C2. The topological polar surface area (TPSA) is 87.5 Å². The maximum Gasteiger partial charge on any atom is 0.307 e. The number of carboxylic acids is 2. The predicted octanol–water partition coefficient (Wildman–Crippen LogP) is 1.20. The summed E-state index contributed by atoms with van der Waals surface area (Å²) in [6.45, 7) is 3.69. The minimum Gasteiger partial charge on any atom is -0.481 e. The Morgan fingerprint density at radius 2 is 1.72 bits per heavy atom. The van der Waals surface area contributed by atoms with Gasteiger partial charge in [0.2, 0.25) is 0 Å². The molecule has 0 bridgehead atoms. The number of aromatic nitrogens is 1. The van der Waals surface area contributed by atoms with Crippen LogP contribution in [-0.2, 0) is 22.4 Å². The Labute approximate surface area is 104 Å². The lowest BCUT2D eigenvalue weighted by Crippen LogP contribution is -2.37. The molecule has 0 aromatic carbocycles. The molecule has 1 heterocycles. The number of rotatable bonds is 2. The summed E-state index contributed by atoms with van der Waals surface area (Å²) < 4.78 is 0. The molecule has 2 N–H and O–H groups in total. The van der Waals surface area contributed by atoms with Gasteiger partial charge in [-0.1, -0.05) is 0 Å². The van der Waals surface area contributed by atoms with Crippen molar-refractivity contribution in [2.75, 3.05) is 0 Å². The van der Waals surface area contributed by atoms with Gasteiger partial charge in [0.05, 0.1) is 11.8 Å². The molecule has 0 aliphatic heterocycles. The highest BCUT2D eigenvalue weighted by atomic mass is 16.4. The van der Waals surface area contributed by atoms with Crippen LogP contribution >= 0.6 is 0 Å². The molecule has 5 nitrogen and oxygen atoms in total. The zero-order valence-corrected chi connectivity index (χ0v) is 10.3. The van der Waals surface area contributed by atoms with Gasteiger partial charge in [0.1, 0.15) is 0 Å². The summed E-state index contributed by atoms with van der Waals surface area (Å²) in [6, 6.07) is 1.86. The van der Waals surface area contributed by atoms with Crippen molar-refractivity contribution >= 4 is 11.9 Å². The van der Waals surface area contributed by atoms with Gasteiger partial charge in [-0.25, -0.2) is 0 Å². The van der Waals surface area contributed by atoms with Gasteiger partial charge >= 0.3 is 11.9 Å². The monoisotopic (exact) mass is 249 g/mol. The van der Waals surface area contributed by atoms with E-state index in [0.29, 0.717) is 0 Å². The Balaban J connectivity index is 2.47. The molecule has 0 spiro atoms. The molecule has 0 fully saturated rings. The zero-order valence-electron chi connectivity index (χ0n) is 10.3. The van der Waals surface area contributed by atoms with E-state index in [9.17, 15) is 9.59 Å². The van der Waals surface area contributed by atoms with Gasteiger partial charge in [0.25, 0.3) is 0 Å². The number of aryl methyl sites for hydroxylation is 2. The Kier molecular flexibility index (Phi) is 3.07. The highest BCUT2D eigenvalue weighted by molar-refractivity contribution is 5.81. The Morgan fingerprint density at radius 1 is 1.17 bits per heavy atom. The molecule has 1 aromatic heterocycles. The number of carboxylic acid groups (broad SMARTS) is 2. The number of hydrogen-bond acceptors (Lipinski definition) is 3. The molecule has 1 aliphatic carbocycles. The van der Waals surface area contributed by atoms with Gasteiger partial charge in [0, 0.05) is 11.4 Å². The number of nitrogens with zero attached hydrogens (tertiary/aromatic N) is 1. The normalized spacial score (nSPS) is 22.3. The summed E-state index contributed by atoms with van der Waals surface area (Å²) in [5.74, 6) is -3.80. The summed E-state index contributed by atoms with van der Waals surface area (Å²) in [5.41, 5.74) is 3.46. The maximum atomic E-state index is 11.2. The molecular weight excluding hydrogens is 234 g/mol. The van der Waals surface area contributed by atoms with Gasteiger partial charge < -0.3 is 10.2 Å². The van der Waals surface area contributed by atoms with Crippen LogP contribution in [0.5, 0.6) is 0 Å². The Morgan fingerprint density at radius 3 is 2.28 bits per heavy atom. The van der Waals surface area contributed by atoms with E-state index in [1.54, 1.807) is 0 Å². The molecule has 0 saturated carbocycles. The summed E-state index contributed by atoms with van der Waals surface area (Å²) in [5, 5.41) is 18.3. The fourth-order valence-electron chi connectivity index (χ4n) is 2.66. The van der Waals surface area contributed by atoms with Crippen molar-refractivity contribution in [1.82, 2.24) is 4.98 Å². The number of fused-ring (bicyclic) bond motifs is 1. The van der Waals surface area contributed by atoms with Crippen molar-refractivity contribution in [1.29, 1.82) is 0 Å². The first-order valence-corrected chi connectivity index (χ1v) is 5.81. The average Bonchev–Trinajstić information content (AvgIpc) is 2.26. The molecule has 0 radical (unpaired) electrons. The number of hydrogen-bond donors (Lipinski definition) is 2. The van der Waals surface area contributed by atoms with Crippen LogP contribution in [0.2, 0.25) is 0 Å². The third-order valence-electron chi connectivity index (χ3n) is 3.54. The van der Waals surface area contributed by atoms with E-state index in [0.717, 1.165) is 22.5 Å². The van der Waals surface area contributed by atoms with E-state index in [1.165, 1.54) is 0 Å². The van der Waals surface area contributed by atoms with Crippen molar-refractivity contribution in [2.45, 2.75) is 26.7 Å². The van der Waals surface area contributed by atoms with Gasteiger partial charge in [-0.2, -0.15) is 0 Å². The second kappa shape index (κ2) is 4.40. The van der Waals surface area contributed by atoms with E-state index in [4.69, 9.17) is 10.2 Å². The van der Waals surface area contributed by atoms with Crippen LogP contribution < -0.4 is 0 Å². The van der Waals surface area contributed by atoms with Crippen molar-refractivity contribution in [3.63, 3.8) is 0 Å². The number of carbonyl (C=O) groups is 2. The van der Waals surface area contributed by atoms with Crippen molar-refractivity contribution in [3.05, 3.63) is 28.6 Å². The van der Waals surface area contributed by atoms with Crippen LogP contribution in [0, 0.1) is 25.7 Å². The number of aliphatic carboxylic acids is 2. The third kappa shape index (κ3) is 2.08. The van der Waals surface area contributed by atoms with Crippen molar-refractivity contribution in [3.8, 4) is 0 Å². The molecule has 1 aromatic rings. The molecule has 0 saturated heterocycles. The summed E-state index contributed by atoms with van der Waals surface area (Å²) in [4.78, 5) is 26.7. The van der Waals surface area contributed by atoms with E-state index in [-0.39, 0.29) is 12.8 Å². The van der Waals surface area contributed by atoms with Gasteiger partial charge in [-0.3, -0.25) is 14.6 Å². The highest BCUT2D eigenvalue weighted by Gasteiger charge is 2.38. The molecule has 2 unspecified atom stereocenters. The lowest BCUT2D eigenvalue weighted by atomic mass is 9.75. The lowest BCUT2D eigenvalue weighted by Gasteiger charge is -2.28. The van der Waals surface area contributed by atoms with Crippen LogP contribution in [0.1, 0.15) is 22.5 Å². The quantitative estimate of drug-likeness (QED) is 0.822. The first kappa shape index (κ1) is 12.5. The van der Waals surface area contributed by atoms with Gasteiger partial charge in [-0.05, 0) is 43.9 Å². The van der Waals surface area contributed by atoms with Crippen LogP contribution in [0.4, 0.5) is 0 Å². The van der Waals surface area contributed by atoms with E-state index < -0.39 is 23.8 Å². The van der Waals surface area contributed by atoms with Gasteiger partial charge in [-0.15, -0.1) is 0 Å². The van der Waals surface area contributed by atoms with E-state index >= 15 is 0 Å². The molecule has 0 amide bonds. The molecule has 5 heteroatoms. The van der Waals surface area contributed by atoms with Gasteiger partial charge in [0.15, 0.2) is 0 Å². The third-order valence-corrected chi connectivity index (χ3v) is 3.54. The first-order valence-electron chi connectivity index (χ1n) is 5.81. The summed E-state index contributed by atoms with van der Waals surface area (Å²) >= 11 is 0. The smallest absolute Gasteiger partial charge is 0.307 e. The second-order valence-corrected chi connectivity index (χ2v) is 4.78. The fourth-order valence-corrected chi connectivity index (χ4v) is 2.66. The molecule has 2 rings (SSSR count). The van der Waals surface area contributed by atoms with Crippen molar-refractivity contribution in [2.24, 2.45) is 11.8 Å². The minimum absolute atomic E-state index is 0.251. The van der Waals surface area contributed by atoms with Crippen LogP contribution in [0.15, 0.2) is 6.07 Å². The fraction of sp³-hybridized carbons (Fsp3) is 0.462. The Bertz CT molecular complexity index is 524. The van der Waals surface area contributed by atoms with Crippen LogP contribution in [0.3, 0.4) is 0 Å². The predicted molar refractivity (Wildman–Crippen MR) is 63.4 cm³/mol. The highest BCUT2D eigenvalue weighted by Crippen LogP contribution is 2.32. The number of pyridine rings is 1. The minimum atomic E-state index is -1.05. The largest absolute Gasteiger partial charge is 0.481 e. The lowest BCUT2D eigenvalue weighted by molar-refractivity contribution is -0.154. The standard InChI is InChI=1S/C13H15NO4/c1-6-3-8-4-10(12(15)16)11(13(17)18)5-9(8)7(2)14-6/h3,10-11H,4-5H2,1-2H3,(H,15,16)(H,17,18). The molecule has 2 atom stereocenters. The summed E-state index contributed by atoms with van der Waals surface area (Å²) in [6.07, 6.45) is 0.520.